The number of nitro benzene ring substituents is 1. The highest BCUT2D eigenvalue weighted by atomic mass is 16.6. The van der Waals surface area contributed by atoms with Crippen LogP contribution in [-0.4, -0.2) is 83.7 Å². The van der Waals surface area contributed by atoms with E-state index in [2.05, 4.69) is 17.9 Å². The van der Waals surface area contributed by atoms with Gasteiger partial charge in [0, 0.05) is 30.8 Å². The van der Waals surface area contributed by atoms with Crippen LogP contribution < -0.4 is 19.1 Å². The lowest BCUT2D eigenvalue weighted by Crippen LogP contribution is -2.57. The van der Waals surface area contributed by atoms with Crippen molar-refractivity contribution in [3.8, 4) is 29.1 Å². The second-order valence-electron chi connectivity index (χ2n) is 20.0. The summed E-state index contributed by atoms with van der Waals surface area (Å²) in [5.74, 6) is 4.36. The highest BCUT2D eigenvalue weighted by Gasteiger charge is 2.76. The molecule has 0 saturated carbocycles. The van der Waals surface area contributed by atoms with Gasteiger partial charge in [-0.25, -0.2) is 9.69 Å². The van der Waals surface area contributed by atoms with Gasteiger partial charge in [0.1, 0.15) is 36.5 Å². The van der Waals surface area contributed by atoms with Crippen molar-refractivity contribution in [3.63, 3.8) is 0 Å². The molecule has 6 aromatic rings. The van der Waals surface area contributed by atoms with Gasteiger partial charge in [0.05, 0.1) is 49.4 Å². The van der Waals surface area contributed by atoms with Crippen LogP contribution in [0.5, 0.6) is 17.2 Å². The van der Waals surface area contributed by atoms with Gasteiger partial charge in [-0.1, -0.05) is 90.7 Å². The number of allylic oxidation sites excluding steroid dienone is 2. The molecule has 16 nitrogen and oxygen atoms in total. The second kappa shape index (κ2) is 21.7. The third-order valence-electron chi connectivity index (χ3n) is 15.6. The van der Waals surface area contributed by atoms with Crippen LogP contribution >= 0.6 is 0 Å². The summed E-state index contributed by atoms with van der Waals surface area (Å²) in [4.78, 5) is 80.2. The number of ether oxygens (including phenoxy) is 5. The zero-order valence-corrected chi connectivity index (χ0v) is 43.0. The maximum absolute atomic E-state index is 17.0. The molecule has 1 N–H and O–H groups in total. The number of fused-ring (bicyclic) bond motifs is 4. The summed E-state index contributed by atoms with van der Waals surface area (Å²) >= 11 is 0. The van der Waals surface area contributed by atoms with Crippen LogP contribution in [0.3, 0.4) is 0 Å². The number of nitro groups is 1. The van der Waals surface area contributed by atoms with Gasteiger partial charge in [0.15, 0.2) is 11.5 Å². The molecular weight excluding hydrogens is 993 g/mol. The quantitative estimate of drug-likeness (QED) is 0.0529. The zero-order chi connectivity index (χ0) is 54.1. The van der Waals surface area contributed by atoms with Crippen molar-refractivity contribution in [1.29, 1.82) is 0 Å². The van der Waals surface area contributed by atoms with E-state index in [1.807, 2.05) is 83.8 Å². The molecule has 4 heterocycles. The fraction of sp³-hybridized carbons (Fsp3) is 0.290. The van der Waals surface area contributed by atoms with E-state index in [0.717, 1.165) is 52.8 Å². The summed E-state index contributed by atoms with van der Waals surface area (Å²) in [5, 5.41) is 21.5. The number of amides is 3. The molecule has 3 amide bonds. The maximum Gasteiger partial charge on any atom is 0.421 e. The van der Waals surface area contributed by atoms with E-state index in [0.29, 0.717) is 45.9 Å². The van der Waals surface area contributed by atoms with Crippen LogP contribution in [0.4, 0.5) is 16.2 Å². The fourth-order valence-corrected chi connectivity index (χ4v) is 12.2. The van der Waals surface area contributed by atoms with Crippen LogP contribution in [-0.2, 0) is 48.8 Å². The number of hydrogen-bond donors (Lipinski definition) is 1. The monoisotopic (exact) mass is 1050 g/mol. The van der Waals surface area contributed by atoms with Crippen molar-refractivity contribution < 1.29 is 52.9 Å². The number of benzene rings is 6. The minimum Gasteiger partial charge on any atom is -0.493 e. The van der Waals surface area contributed by atoms with E-state index in [9.17, 15) is 15.2 Å². The number of nitrogens with zero attached hydrogens (tertiary/aromatic N) is 4. The van der Waals surface area contributed by atoms with E-state index in [1.165, 1.54) is 31.4 Å². The maximum atomic E-state index is 17.0. The molecule has 6 aromatic carbocycles. The number of methoxy groups -OCH3 is 2. The molecule has 0 bridgehead atoms. The van der Waals surface area contributed by atoms with Gasteiger partial charge in [-0.2, -0.15) is 0 Å². The minimum absolute atomic E-state index is 0.0521. The van der Waals surface area contributed by atoms with Gasteiger partial charge in [0.25, 0.3) is 5.69 Å². The molecule has 1 aliphatic carbocycles. The lowest BCUT2D eigenvalue weighted by atomic mass is 9.64. The number of aliphatic hydroxyl groups is 1. The van der Waals surface area contributed by atoms with Crippen LogP contribution in [0, 0.1) is 27.9 Å². The Balaban J connectivity index is 1.17. The van der Waals surface area contributed by atoms with E-state index in [4.69, 9.17) is 23.7 Å². The molecule has 5 aliphatic rings. The predicted molar refractivity (Wildman–Crippen MR) is 286 cm³/mol. The minimum atomic E-state index is -2.13. The largest absolute Gasteiger partial charge is 0.493 e. The van der Waals surface area contributed by atoms with Gasteiger partial charge >= 0.3 is 12.1 Å². The Labute approximate surface area is 450 Å². The first-order valence-electron chi connectivity index (χ1n) is 26.1. The topological polar surface area (TPSA) is 188 Å². The molecule has 1 spiro atoms. The van der Waals surface area contributed by atoms with Crippen LogP contribution in [0.2, 0.25) is 0 Å². The molecule has 16 heteroatoms. The standard InChI is InChI=1S/C62H56N4O12/c1-74-51-35-44-29-30-63(37-46(44)36-52(51)75-2)58(68)53-55-59(69)78-56(43-17-10-5-11-18-43)54(42-15-8-4-9-16-42)65(55)57(45-19-12-20-48(34-45)76-32-31-67)62(53)49-33-40(22-21-39-13-6-3-7-14-39)25-28-50(49)64(60(62)70)61(71)77-38-41-23-26-47(27-24-41)66(72)73/h4-5,8-13,15-20,23-28,33-36,53-57,67H,3,6-7,14,29-32,37-38H2,1-2H3/t53-,54-,55-,56+,57+,62-/m1/s1. The Morgan fingerprint density at radius 3 is 2.21 bits per heavy atom. The smallest absolute Gasteiger partial charge is 0.421 e. The average Bonchev–Trinajstić information content (AvgIpc) is 3.97. The molecule has 0 radical (unpaired) electrons. The normalized spacial score (nSPS) is 22.2. The number of carbonyl (C=O) groups excluding carboxylic acids is 4. The molecule has 6 atom stereocenters. The third-order valence-corrected chi connectivity index (χ3v) is 15.6. The second-order valence-corrected chi connectivity index (χ2v) is 20.0. The Hall–Kier alpha value is -8.78. The van der Waals surface area contributed by atoms with Crippen LogP contribution in [0.1, 0.15) is 88.4 Å². The van der Waals surface area contributed by atoms with Crippen molar-refractivity contribution in [2.75, 3.05) is 38.9 Å². The average molecular weight is 1050 g/mol. The highest BCUT2D eigenvalue weighted by Crippen LogP contribution is 2.66. The molecule has 2 saturated heterocycles. The molecule has 2 fully saturated rings. The van der Waals surface area contributed by atoms with Crippen molar-refractivity contribution >= 4 is 35.3 Å². The molecule has 11 rings (SSSR count). The first kappa shape index (κ1) is 51.3. The van der Waals surface area contributed by atoms with Crippen molar-refractivity contribution in [2.45, 2.75) is 74.9 Å². The first-order chi connectivity index (χ1) is 38.0. The number of esters is 1. The number of rotatable bonds is 12. The van der Waals surface area contributed by atoms with Gasteiger partial charge in [0.2, 0.25) is 11.8 Å². The predicted octanol–water partition coefficient (Wildman–Crippen LogP) is 9.42. The number of non-ortho nitro benzene ring substituents is 1. The summed E-state index contributed by atoms with van der Waals surface area (Å²) in [7, 11) is 3.09. The summed E-state index contributed by atoms with van der Waals surface area (Å²) in [6.07, 6.45) is 4.25. The van der Waals surface area contributed by atoms with Gasteiger partial charge in [-0.05, 0) is 131 Å². The zero-order valence-electron chi connectivity index (χ0n) is 43.0. The number of hydrogen-bond acceptors (Lipinski definition) is 13. The molecule has 0 unspecified atom stereocenters. The number of carbonyl (C=O) groups is 4. The molecule has 0 aromatic heterocycles. The first-order valence-corrected chi connectivity index (χ1v) is 26.1. The van der Waals surface area contributed by atoms with E-state index in [1.54, 1.807) is 48.4 Å². The SMILES string of the molecule is COc1cc2c(cc1OC)CN(C(=O)[C@H]1[C@@H]3C(=O)O[C@@H](c4ccccc4)[C@@H](c4ccccc4)N3[C@@H](c3cccc(OCCO)c3)[C@]13C(=O)N(C(=O)OCc1ccc([N+](=O)[O-])cc1)c1ccc(C#CC4=CCCCC4)cc13)CC2. The highest BCUT2D eigenvalue weighted by molar-refractivity contribution is 6.23. The Bertz CT molecular complexity index is 3410. The van der Waals surface area contributed by atoms with Crippen molar-refractivity contribution in [2.24, 2.45) is 5.92 Å². The van der Waals surface area contributed by atoms with Gasteiger partial charge in [-0.15, -0.1) is 0 Å². The van der Waals surface area contributed by atoms with E-state index < -0.39 is 64.4 Å². The summed E-state index contributed by atoms with van der Waals surface area (Å²) in [6.45, 7) is -0.430. The molecule has 78 heavy (non-hydrogen) atoms. The Morgan fingerprint density at radius 2 is 1.51 bits per heavy atom. The van der Waals surface area contributed by atoms with E-state index in [-0.39, 0.29) is 49.8 Å². The lowest BCUT2D eigenvalue weighted by Gasteiger charge is -2.46. The molecule has 4 aliphatic heterocycles. The summed E-state index contributed by atoms with van der Waals surface area (Å²) < 4.78 is 30.2. The van der Waals surface area contributed by atoms with Crippen molar-refractivity contribution in [1.82, 2.24) is 9.80 Å². The number of morpholine rings is 1. The Kier molecular flexibility index (Phi) is 14.3. The van der Waals surface area contributed by atoms with Crippen LogP contribution in [0.15, 0.2) is 151 Å². The number of aliphatic hydroxyl groups excluding tert-OH is 1. The van der Waals surface area contributed by atoms with Gasteiger partial charge < -0.3 is 33.7 Å². The lowest BCUT2D eigenvalue weighted by molar-refractivity contribution is -0.384. The third kappa shape index (κ3) is 9.18. The van der Waals surface area contributed by atoms with E-state index >= 15 is 19.2 Å². The van der Waals surface area contributed by atoms with Gasteiger partial charge in [-0.3, -0.25) is 29.4 Å². The summed E-state index contributed by atoms with van der Waals surface area (Å²) in [6, 6.07) is 36.7. The number of cyclic esters (lactones) is 1. The number of anilines is 1. The van der Waals surface area contributed by atoms with Crippen molar-refractivity contribution in [3.05, 3.63) is 206 Å². The molecule has 396 valence electrons. The molecular formula is C62H56N4O12. The number of imide groups is 1. The summed E-state index contributed by atoms with van der Waals surface area (Å²) in [5.41, 5.74) is 3.58. The fourth-order valence-electron chi connectivity index (χ4n) is 12.2. The van der Waals surface area contributed by atoms with Crippen LogP contribution in [0.25, 0.3) is 0 Å². The Morgan fingerprint density at radius 1 is 0.795 bits per heavy atom.